The van der Waals surface area contributed by atoms with Gasteiger partial charge < -0.3 is 10.6 Å². The summed E-state index contributed by atoms with van der Waals surface area (Å²) in [6.45, 7) is 0.832. The molecule has 0 radical (unpaired) electrons. The number of amides is 4. The van der Waals surface area contributed by atoms with Crippen molar-refractivity contribution in [3.8, 4) is 0 Å². The normalized spacial score (nSPS) is 20.0. The highest BCUT2D eigenvalue weighted by molar-refractivity contribution is 6.24. The van der Waals surface area contributed by atoms with Crippen LogP contribution in [0.5, 0.6) is 0 Å². The lowest BCUT2D eigenvalue weighted by Crippen LogP contribution is -2.39. The van der Waals surface area contributed by atoms with E-state index in [1.165, 1.54) is 0 Å². The van der Waals surface area contributed by atoms with Crippen LogP contribution in [-0.2, 0) is 32.3 Å². The minimum Gasteiger partial charge on any atom is -0.301 e. The van der Waals surface area contributed by atoms with Crippen LogP contribution >= 0.6 is 0 Å². The highest BCUT2D eigenvalue weighted by Crippen LogP contribution is 2.28. The number of nitrogens with one attached hydrogen (secondary N) is 2. The Balaban J connectivity index is 1.23. The molecule has 2 aromatic heterocycles. The van der Waals surface area contributed by atoms with E-state index in [4.69, 9.17) is 0 Å². The number of anilines is 2. The molecule has 2 aliphatic heterocycles. The summed E-state index contributed by atoms with van der Waals surface area (Å²) in [5, 5.41) is 6.23. The number of hydrogen-bond acceptors (Lipinski definition) is 8. The molecule has 2 aliphatic rings. The van der Waals surface area contributed by atoms with Crippen molar-refractivity contribution in [2.75, 3.05) is 9.80 Å². The largest absolute Gasteiger partial charge is 0.301 e. The fourth-order valence-corrected chi connectivity index (χ4v) is 4.36. The molecule has 1 aromatic carbocycles. The average Bonchev–Trinajstić information content (AvgIpc) is 3.35. The van der Waals surface area contributed by atoms with E-state index in [2.05, 4.69) is 20.6 Å². The number of carbonyl (C=O) groups excluding carboxylic acids is 4. The molecule has 2 N–H and O–H groups in total. The molecule has 2 fully saturated rings. The Morgan fingerprint density at radius 3 is 1.44 bits per heavy atom. The number of nitrogens with zero attached hydrogens (tertiary/aromatic N) is 4. The Morgan fingerprint density at radius 2 is 1.08 bits per heavy atom. The number of benzene rings is 1. The van der Waals surface area contributed by atoms with E-state index in [9.17, 15) is 19.2 Å². The number of rotatable bonds is 8. The monoisotopic (exact) mass is 484 g/mol. The standard InChI is InChI=1S/C26H24N6O4/c33-23-11-21(29-15-17-3-1-9-27-13-17)25(35)31(23)19-5-7-20(8-6-19)32-24(34)12-22(26(32)36)30-16-18-4-2-10-28-14-18/h1-10,13-14,21-22,29-30H,11-12,15-16H2. The summed E-state index contributed by atoms with van der Waals surface area (Å²) in [7, 11) is 0. The SMILES string of the molecule is O=C1CC(NCc2cccnc2)C(=O)N1c1ccc(N2C(=O)CC(NCc3cccnc3)C2=O)cc1. The molecule has 2 unspecified atom stereocenters. The van der Waals surface area contributed by atoms with Gasteiger partial charge in [0, 0.05) is 37.9 Å². The van der Waals surface area contributed by atoms with Crippen LogP contribution in [0.15, 0.2) is 73.3 Å². The smallest absolute Gasteiger partial charge is 0.251 e. The lowest BCUT2D eigenvalue weighted by molar-refractivity contribution is -0.123. The fourth-order valence-electron chi connectivity index (χ4n) is 4.36. The maximum atomic E-state index is 12.9. The van der Waals surface area contributed by atoms with Crippen molar-refractivity contribution < 1.29 is 19.2 Å². The average molecular weight is 485 g/mol. The first-order valence-electron chi connectivity index (χ1n) is 11.6. The van der Waals surface area contributed by atoms with E-state index in [0.29, 0.717) is 24.5 Å². The number of aromatic nitrogens is 2. The second-order valence-electron chi connectivity index (χ2n) is 8.65. The van der Waals surface area contributed by atoms with Crippen LogP contribution in [0, 0.1) is 0 Å². The van der Waals surface area contributed by atoms with Gasteiger partial charge >= 0.3 is 0 Å². The summed E-state index contributed by atoms with van der Waals surface area (Å²) < 4.78 is 0. The zero-order valence-electron chi connectivity index (χ0n) is 19.3. The molecule has 0 saturated carbocycles. The first-order chi connectivity index (χ1) is 17.5. The Kier molecular flexibility index (Phi) is 6.61. The predicted octanol–water partition coefficient (Wildman–Crippen LogP) is 1.32. The molecule has 10 heteroatoms. The summed E-state index contributed by atoms with van der Waals surface area (Å²) in [4.78, 5) is 61.4. The van der Waals surface area contributed by atoms with Gasteiger partial charge in [-0.25, -0.2) is 9.80 Å². The van der Waals surface area contributed by atoms with Crippen LogP contribution in [0.3, 0.4) is 0 Å². The lowest BCUT2D eigenvalue weighted by atomic mass is 10.2. The van der Waals surface area contributed by atoms with Crippen molar-refractivity contribution >= 4 is 35.0 Å². The highest BCUT2D eigenvalue weighted by atomic mass is 16.2. The minimum absolute atomic E-state index is 0.0498. The van der Waals surface area contributed by atoms with E-state index in [1.54, 1.807) is 61.2 Å². The molecule has 2 atom stereocenters. The molecule has 3 aromatic rings. The van der Waals surface area contributed by atoms with Crippen molar-refractivity contribution in [3.63, 3.8) is 0 Å². The van der Waals surface area contributed by atoms with Gasteiger partial charge in [-0.15, -0.1) is 0 Å². The molecule has 4 amide bonds. The van der Waals surface area contributed by atoms with Crippen molar-refractivity contribution in [3.05, 3.63) is 84.4 Å². The van der Waals surface area contributed by atoms with Crippen molar-refractivity contribution in [2.45, 2.75) is 38.0 Å². The fraction of sp³-hybridized carbons (Fsp3) is 0.231. The van der Waals surface area contributed by atoms with Crippen molar-refractivity contribution in [1.82, 2.24) is 20.6 Å². The topological polar surface area (TPSA) is 125 Å². The molecule has 182 valence electrons. The van der Waals surface area contributed by atoms with Crippen LogP contribution in [-0.4, -0.2) is 45.7 Å². The van der Waals surface area contributed by atoms with Gasteiger partial charge in [0.25, 0.3) is 11.8 Å². The van der Waals surface area contributed by atoms with Gasteiger partial charge in [0.05, 0.1) is 36.3 Å². The Bertz CT molecular complexity index is 1180. The second-order valence-corrected chi connectivity index (χ2v) is 8.65. The van der Waals surface area contributed by atoms with E-state index < -0.39 is 12.1 Å². The minimum atomic E-state index is -0.634. The predicted molar refractivity (Wildman–Crippen MR) is 130 cm³/mol. The molecule has 2 saturated heterocycles. The number of pyridine rings is 2. The van der Waals surface area contributed by atoms with Crippen LogP contribution in [0.4, 0.5) is 11.4 Å². The van der Waals surface area contributed by atoms with Gasteiger partial charge in [0.2, 0.25) is 11.8 Å². The maximum Gasteiger partial charge on any atom is 0.251 e. The van der Waals surface area contributed by atoms with Crippen LogP contribution in [0.1, 0.15) is 24.0 Å². The van der Waals surface area contributed by atoms with Crippen molar-refractivity contribution in [2.24, 2.45) is 0 Å². The third-order valence-electron chi connectivity index (χ3n) is 6.21. The molecule has 36 heavy (non-hydrogen) atoms. The van der Waals surface area contributed by atoms with Gasteiger partial charge in [0.1, 0.15) is 0 Å². The zero-order chi connectivity index (χ0) is 25.1. The van der Waals surface area contributed by atoms with Gasteiger partial charge in [-0.1, -0.05) is 12.1 Å². The molecular formula is C26H24N6O4. The molecule has 0 bridgehead atoms. The quantitative estimate of drug-likeness (QED) is 0.459. The van der Waals surface area contributed by atoms with Crippen LogP contribution in [0.2, 0.25) is 0 Å². The summed E-state index contributed by atoms with van der Waals surface area (Å²) in [6.07, 6.45) is 6.83. The molecule has 5 rings (SSSR count). The van der Waals surface area contributed by atoms with Crippen LogP contribution in [0.25, 0.3) is 0 Å². The van der Waals surface area contributed by atoms with Crippen molar-refractivity contribution in [1.29, 1.82) is 0 Å². The number of carbonyl (C=O) groups is 4. The van der Waals surface area contributed by atoms with Gasteiger partial charge in [-0.05, 0) is 47.5 Å². The summed E-state index contributed by atoms with van der Waals surface area (Å²) >= 11 is 0. The third-order valence-corrected chi connectivity index (χ3v) is 6.21. The second kappa shape index (κ2) is 10.1. The molecule has 0 spiro atoms. The van der Waals surface area contributed by atoms with Gasteiger partial charge in [-0.3, -0.25) is 29.1 Å². The van der Waals surface area contributed by atoms with E-state index in [1.807, 2.05) is 12.1 Å². The first kappa shape index (κ1) is 23.5. The Labute approximate surface area is 207 Å². The van der Waals surface area contributed by atoms with E-state index in [-0.39, 0.29) is 36.5 Å². The van der Waals surface area contributed by atoms with Crippen LogP contribution < -0.4 is 20.4 Å². The zero-order valence-corrected chi connectivity index (χ0v) is 19.3. The third kappa shape index (κ3) is 4.77. The van der Waals surface area contributed by atoms with E-state index in [0.717, 1.165) is 20.9 Å². The number of imide groups is 2. The first-order valence-corrected chi connectivity index (χ1v) is 11.6. The summed E-state index contributed by atoms with van der Waals surface area (Å²) in [6, 6.07) is 12.4. The molecule has 10 nitrogen and oxygen atoms in total. The maximum absolute atomic E-state index is 12.9. The van der Waals surface area contributed by atoms with Gasteiger partial charge in [0.15, 0.2) is 0 Å². The van der Waals surface area contributed by atoms with E-state index >= 15 is 0 Å². The molecular weight excluding hydrogens is 460 g/mol. The summed E-state index contributed by atoms with van der Waals surface area (Å²) in [5.74, 6) is -1.32. The molecule has 4 heterocycles. The van der Waals surface area contributed by atoms with Gasteiger partial charge in [-0.2, -0.15) is 0 Å². The Morgan fingerprint density at radius 1 is 0.667 bits per heavy atom. The highest BCUT2D eigenvalue weighted by Gasteiger charge is 2.41. The number of hydrogen-bond donors (Lipinski definition) is 2. The summed E-state index contributed by atoms with van der Waals surface area (Å²) in [5.41, 5.74) is 2.61. The lowest BCUT2D eigenvalue weighted by Gasteiger charge is -2.19. The Hall–Kier alpha value is -4.28. The molecule has 0 aliphatic carbocycles.